The average Bonchev–Trinajstić information content (AvgIpc) is 2.03. The quantitative estimate of drug-likeness (QED) is 0.543. The monoisotopic (exact) mass is 171 g/mol. The van der Waals surface area contributed by atoms with Gasteiger partial charge in [0.15, 0.2) is 0 Å². The van der Waals surface area contributed by atoms with Crippen LogP contribution >= 0.6 is 0 Å². The number of nitrogens with two attached hydrogens (primary N) is 1. The number of piperidine rings is 1. The van der Waals surface area contributed by atoms with Crippen LogP contribution in [0.2, 0.25) is 0 Å². The predicted molar refractivity (Wildman–Crippen MR) is 47.7 cm³/mol. The van der Waals surface area contributed by atoms with E-state index in [0.29, 0.717) is 18.4 Å². The van der Waals surface area contributed by atoms with Crippen molar-refractivity contribution in [3.05, 3.63) is 0 Å². The fourth-order valence-electron chi connectivity index (χ4n) is 1.56. The SMILES string of the molecule is CC1CCNCC1CNC(N)=O. The Morgan fingerprint density at radius 3 is 3.08 bits per heavy atom. The van der Waals surface area contributed by atoms with Crippen molar-refractivity contribution in [3.8, 4) is 0 Å². The molecule has 1 aliphatic rings. The standard InChI is InChI=1S/C8H17N3O/c1-6-2-3-10-4-7(6)5-11-8(9)12/h6-7,10H,2-5H2,1H3,(H3,9,11,12). The first-order chi connectivity index (χ1) is 5.70. The molecular weight excluding hydrogens is 154 g/mol. The van der Waals surface area contributed by atoms with E-state index in [2.05, 4.69) is 17.6 Å². The van der Waals surface area contributed by atoms with Crippen molar-refractivity contribution in [3.63, 3.8) is 0 Å². The summed E-state index contributed by atoms with van der Waals surface area (Å²) in [5.74, 6) is 1.21. The summed E-state index contributed by atoms with van der Waals surface area (Å²) in [5.41, 5.74) is 4.98. The van der Waals surface area contributed by atoms with Gasteiger partial charge in [0.2, 0.25) is 0 Å². The molecule has 1 saturated heterocycles. The van der Waals surface area contributed by atoms with Gasteiger partial charge in [-0.1, -0.05) is 6.92 Å². The Labute approximate surface area is 72.9 Å². The maximum Gasteiger partial charge on any atom is 0.312 e. The summed E-state index contributed by atoms with van der Waals surface area (Å²) in [4.78, 5) is 10.4. The van der Waals surface area contributed by atoms with Gasteiger partial charge in [0, 0.05) is 6.54 Å². The molecule has 0 bridgehead atoms. The van der Waals surface area contributed by atoms with Crippen LogP contribution in [-0.2, 0) is 0 Å². The van der Waals surface area contributed by atoms with Crippen molar-refractivity contribution in [2.75, 3.05) is 19.6 Å². The highest BCUT2D eigenvalue weighted by atomic mass is 16.2. The summed E-state index contributed by atoms with van der Waals surface area (Å²) in [6, 6.07) is -0.423. The van der Waals surface area contributed by atoms with Gasteiger partial charge in [-0.2, -0.15) is 0 Å². The molecule has 1 aliphatic heterocycles. The fraction of sp³-hybridized carbons (Fsp3) is 0.875. The largest absolute Gasteiger partial charge is 0.352 e. The zero-order valence-corrected chi connectivity index (χ0v) is 7.47. The molecule has 0 aromatic carbocycles. The van der Waals surface area contributed by atoms with E-state index >= 15 is 0 Å². The molecular formula is C8H17N3O. The van der Waals surface area contributed by atoms with Crippen LogP contribution in [0.5, 0.6) is 0 Å². The maximum absolute atomic E-state index is 10.4. The second-order valence-electron chi connectivity index (χ2n) is 3.48. The Kier molecular flexibility index (Phi) is 3.34. The molecule has 0 saturated carbocycles. The fourth-order valence-corrected chi connectivity index (χ4v) is 1.56. The molecule has 2 atom stereocenters. The van der Waals surface area contributed by atoms with Gasteiger partial charge in [-0.25, -0.2) is 4.79 Å². The zero-order valence-electron chi connectivity index (χ0n) is 7.47. The van der Waals surface area contributed by atoms with Gasteiger partial charge in [0.1, 0.15) is 0 Å². The molecule has 1 heterocycles. The minimum Gasteiger partial charge on any atom is -0.352 e. The molecule has 0 aliphatic carbocycles. The Hall–Kier alpha value is -0.770. The van der Waals surface area contributed by atoms with Crippen LogP contribution in [0.15, 0.2) is 0 Å². The van der Waals surface area contributed by atoms with E-state index in [-0.39, 0.29) is 0 Å². The van der Waals surface area contributed by atoms with Crippen molar-refractivity contribution in [2.45, 2.75) is 13.3 Å². The van der Waals surface area contributed by atoms with Gasteiger partial charge in [0.25, 0.3) is 0 Å². The summed E-state index contributed by atoms with van der Waals surface area (Å²) in [6.07, 6.45) is 1.19. The first-order valence-corrected chi connectivity index (χ1v) is 4.44. The maximum atomic E-state index is 10.4. The van der Waals surface area contributed by atoms with Crippen molar-refractivity contribution in [2.24, 2.45) is 17.6 Å². The predicted octanol–water partition coefficient (Wildman–Crippen LogP) is -0.0997. The van der Waals surface area contributed by atoms with Crippen LogP contribution in [-0.4, -0.2) is 25.7 Å². The lowest BCUT2D eigenvalue weighted by molar-refractivity contribution is 0.235. The number of hydrogen-bond acceptors (Lipinski definition) is 2. The number of carbonyl (C=O) groups excluding carboxylic acids is 1. The molecule has 1 fully saturated rings. The van der Waals surface area contributed by atoms with E-state index in [4.69, 9.17) is 5.73 Å². The van der Waals surface area contributed by atoms with E-state index in [9.17, 15) is 4.79 Å². The lowest BCUT2D eigenvalue weighted by Crippen LogP contribution is -2.43. The number of amides is 2. The van der Waals surface area contributed by atoms with Crippen molar-refractivity contribution < 1.29 is 4.79 Å². The zero-order chi connectivity index (χ0) is 8.97. The number of hydrogen-bond donors (Lipinski definition) is 3. The molecule has 0 spiro atoms. The average molecular weight is 171 g/mol. The number of urea groups is 1. The molecule has 0 aromatic heterocycles. The Morgan fingerprint density at radius 2 is 2.50 bits per heavy atom. The summed E-state index contributed by atoms with van der Waals surface area (Å²) in [6.45, 7) is 4.99. The van der Waals surface area contributed by atoms with Gasteiger partial charge < -0.3 is 16.4 Å². The number of rotatable bonds is 2. The highest BCUT2D eigenvalue weighted by Gasteiger charge is 2.20. The first-order valence-electron chi connectivity index (χ1n) is 4.44. The number of nitrogens with one attached hydrogen (secondary N) is 2. The number of carbonyl (C=O) groups is 1. The highest BCUT2D eigenvalue weighted by Crippen LogP contribution is 2.16. The summed E-state index contributed by atoms with van der Waals surface area (Å²) in [5, 5.41) is 5.94. The van der Waals surface area contributed by atoms with Crippen LogP contribution < -0.4 is 16.4 Å². The third-order valence-corrected chi connectivity index (χ3v) is 2.53. The molecule has 1 rings (SSSR count). The van der Waals surface area contributed by atoms with Crippen LogP contribution in [0.4, 0.5) is 4.79 Å². The second-order valence-corrected chi connectivity index (χ2v) is 3.48. The van der Waals surface area contributed by atoms with Crippen LogP contribution in [0, 0.1) is 11.8 Å². The molecule has 2 unspecified atom stereocenters. The number of primary amides is 1. The van der Waals surface area contributed by atoms with Gasteiger partial charge >= 0.3 is 6.03 Å². The van der Waals surface area contributed by atoms with E-state index in [1.165, 1.54) is 6.42 Å². The van der Waals surface area contributed by atoms with E-state index in [0.717, 1.165) is 13.1 Å². The van der Waals surface area contributed by atoms with Gasteiger partial charge in [-0.15, -0.1) is 0 Å². The lowest BCUT2D eigenvalue weighted by Gasteiger charge is -2.29. The molecule has 70 valence electrons. The third kappa shape index (κ3) is 2.70. The van der Waals surface area contributed by atoms with Crippen molar-refractivity contribution >= 4 is 6.03 Å². The first kappa shape index (κ1) is 9.32. The Bertz CT molecular complexity index is 160. The highest BCUT2D eigenvalue weighted by molar-refractivity contribution is 5.71. The summed E-state index contributed by atoms with van der Waals surface area (Å²) in [7, 11) is 0. The van der Waals surface area contributed by atoms with Crippen molar-refractivity contribution in [1.29, 1.82) is 0 Å². The minimum absolute atomic E-state index is 0.423. The van der Waals surface area contributed by atoms with E-state index < -0.39 is 6.03 Å². The Morgan fingerprint density at radius 1 is 1.75 bits per heavy atom. The molecule has 2 amide bonds. The smallest absolute Gasteiger partial charge is 0.312 e. The summed E-state index contributed by atoms with van der Waals surface area (Å²) >= 11 is 0. The second kappa shape index (κ2) is 4.30. The van der Waals surface area contributed by atoms with Crippen LogP contribution in [0.25, 0.3) is 0 Å². The molecule has 4 nitrogen and oxygen atoms in total. The minimum atomic E-state index is -0.423. The molecule has 0 aromatic rings. The van der Waals surface area contributed by atoms with Crippen LogP contribution in [0.3, 0.4) is 0 Å². The molecule has 4 heteroatoms. The lowest BCUT2D eigenvalue weighted by atomic mass is 9.88. The van der Waals surface area contributed by atoms with E-state index in [1.807, 2.05) is 0 Å². The Balaban J connectivity index is 2.24. The van der Waals surface area contributed by atoms with E-state index in [1.54, 1.807) is 0 Å². The summed E-state index contributed by atoms with van der Waals surface area (Å²) < 4.78 is 0. The molecule has 4 N–H and O–H groups in total. The molecule has 0 radical (unpaired) electrons. The van der Waals surface area contributed by atoms with Gasteiger partial charge in [-0.05, 0) is 31.3 Å². The van der Waals surface area contributed by atoms with Gasteiger partial charge in [-0.3, -0.25) is 0 Å². The van der Waals surface area contributed by atoms with Crippen molar-refractivity contribution in [1.82, 2.24) is 10.6 Å². The van der Waals surface area contributed by atoms with Crippen LogP contribution in [0.1, 0.15) is 13.3 Å². The van der Waals surface area contributed by atoms with Gasteiger partial charge in [0.05, 0.1) is 0 Å². The normalized spacial score (nSPS) is 29.8. The molecule has 12 heavy (non-hydrogen) atoms. The third-order valence-electron chi connectivity index (χ3n) is 2.53. The topological polar surface area (TPSA) is 67.2 Å².